The first kappa shape index (κ1) is 12.0. The molecule has 0 unspecified atom stereocenters. The molecule has 0 fully saturated rings. The third-order valence-electron chi connectivity index (χ3n) is 2.20. The molecule has 1 rings (SSSR count). The van der Waals surface area contributed by atoms with E-state index in [1.807, 2.05) is 0 Å². The molecular weight excluding hydrogens is 205 g/mol. The van der Waals surface area contributed by atoms with E-state index in [1.165, 1.54) is 12.1 Å². The molecule has 1 atom stereocenters. The first-order chi connectivity index (χ1) is 6.95. The van der Waals surface area contributed by atoms with Gasteiger partial charge in [0.15, 0.2) is 0 Å². The summed E-state index contributed by atoms with van der Waals surface area (Å²) >= 11 is 0. The maximum atomic E-state index is 12.5. The van der Waals surface area contributed by atoms with Crippen molar-refractivity contribution in [3.63, 3.8) is 0 Å². The first-order valence-corrected chi connectivity index (χ1v) is 4.71. The minimum absolute atomic E-state index is 0.105. The smallest absolute Gasteiger partial charge is 0.396 e. The van der Waals surface area contributed by atoms with E-state index < -0.39 is 11.7 Å². The fourth-order valence-electron chi connectivity index (χ4n) is 1.41. The molecule has 0 saturated heterocycles. The molecule has 84 valence electrons. The van der Waals surface area contributed by atoms with Crippen LogP contribution < -0.4 is 0 Å². The molecule has 1 aromatic rings. The number of alkyl halides is 3. The second kappa shape index (κ2) is 4.66. The zero-order valence-electron chi connectivity index (χ0n) is 8.38. The average Bonchev–Trinajstić information content (AvgIpc) is 2.17. The van der Waals surface area contributed by atoms with Crippen LogP contribution >= 0.6 is 0 Å². The molecule has 0 saturated carbocycles. The Bertz CT molecular complexity index is 320. The van der Waals surface area contributed by atoms with Crippen LogP contribution in [0.15, 0.2) is 24.3 Å². The van der Waals surface area contributed by atoms with Crippen LogP contribution in [0.2, 0.25) is 0 Å². The van der Waals surface area contributed by atoms with E-state index in [9.17, 15) is 13.2 Å². The lowest BCUT2D eigenvalue weighted by atomic mass is 9.97. The van der Waals surface area contributed by atoms with Gasteiger partial charge in [-0.15, -0.1) is 0 Å². The van der Waals surface area contributed by atoms with Crippen molar-refractivity contribution in [2.45, 2.75) is 19.5 Å². The Morgan fingerprint density at radius 1 is 1.27 bits per heavy atom. The molecule has 0 heterocycles. The molecule has 0 spiro atoms. The van der Waals surface area contributed by atoms with Crippen molar-refractivity contribution in [3.05, 3.63) is 35.4 Å². The minimum Gasteiger partial charge on any atom is -0.396 e. The van der Waals surface area contributed by atoms with E-state index >= 15 is 0 Å². The number of aliphatic hydroxyl groups is 1. The fraction of sp³-hybridized carbons (Fsp3) is 0.455. The van der Waals surface area contributed by atoms with Gasteiger partial charge < -0.3 is 5.11 Å². The van der Waals surface area contributed by atoms with Crippen LogP contribution in [0.25, 0.3) is 0 Å². The van der Waals surface area contributed by atoms with Gasteiger partial charge in [-0.3, -0.25) is 0 Å². The molecule has 1 N–H and O–H groups in total. The van der Waals surface area contributed by atoms with Crippen molar-refractivity contribution in [2.24, 2.45) is 5.92 Å². The topological polar surface area (TPSA) is 20.2 Å². The van der Waals surface area contributed by atoms with Crippen molar-refractivity contribution in [2.75, 3.05) is 6.61 Å². The molecule has 1 nitrogen and oxygen atoms in total. The maximum Gasteiger partial charge on any atom is 0.416 e. The molecule has 1 aromatic carbocycles. The highest BCUT2D eigenvalue weighted by atomic mass is 19.4. The number of rotatable bonds is 3. The summed E-state index contributed by atoms with van der Waals surface area (Å²) in [5, 5.41) is 8.81. The van der Waals surface area contributed by atoms with Crippen LogP contribution in [-0.4, -0.2) is 11.7 Å². The van der Waals surface area contributed by atoms with Crippen molar-refractivity contribution in [3.8, 4) is 0 Å². The lowest BCUT2D eigenvalue weighted by molar-refractivity contribution is -0.138. The third kappa shape index (κ3) is 3.23. The molecule has 15 heavy (non-hydrogen) atoms. The van der Waals surface area contributed by atoms with E-state index in [0.29, 0.717) is 0 Å². The fourth-order valence-corrected chi connectivity index (χ4v) is 1.41. The van der Waals surface area contributed by atoms with Crippen molar-refractivity contribution < 1.29 is 18.3 Å². The Morgan fingerprint density at radius 3 is 2.40 bits per heavy atom. The Morgan fingerprint density at radius 2 is 1.87 bits per heavy atom. The summed E-state index contributed by atoms with van der Waals surface area (Å²) in [6.45, 7) is 1.61. The van der Waals surface area contributed by atoms with Gasteiger partial charge in [0.1, 0.15) is 0 Å². The second-order valence-electron chi connectivity index (χ2n) is 3.65. The van der Waals surface area contributed by atoms with E-state index in [1.54, 1.807) is 13.0 Å². The van der Waals surface area contributed by atoms with E-state index in [-0.39, 0.29) is 24.5 Å². The third-order valence-corrected chi connectivity index (χ3v) is 2.20. The van der Waals surface area contributed by atoms with Gasteiger partial charge >= 0.3 is 6.18 Å². The van der Waals surface area contributed by atoms with Gasteiger partial charge in [0.2, 0.25) is 0 Å². The molecule has 4 heteroatoms. The van der Waals surface area contributed by atoms with Crippen LogP contribution in [0.1, 0.15) is 18.1 Å². The summed E-state index contributed by atoms with van der Waals surface area (Å²) < 4.78 is 37.6. The average molecular weight is 218 g/mol. The number of benzene rings is 1. The van der Waals surface area contributed by atoms with Crippen molar-refractivity contribution in [1.82, 2.24) is 0 Å². The summed E-state index contributed by atoms with van der Waals surface area (Å²) in [5.41, 5.74) is -0.364. The van der Waals surface area contributed by atoms with Gasteiger partial charge in [-0.25, -0.2) is 0 Å². The Kier molecular flexibility index (Phi) is 3.74. The van der Waals surface area contributed by atoms with Crippen LogP contribution in [0.5, 0.6) is 0 Å². The monoisotopic (exact) mass is 218 g/mol. The molecule has 0 aliphatic rings. The molecule has 0 radical (unpaired) electrons. The predicted molar refractivity (Wildman–Crippen MR) is 51.4 cm³/mol. The van der Waals surface area contributed by atoms with Crippen LogP contribution in [0.4, 0.5) is 13.2 Å². The number of hydrogen-bond donors (Lipinski definition) is 1. The zero-order valence-corrected chi connectivity index (χ0v) is 8.38. The van der Waals surface area contributed by atoms with Crippen LogP contribution in [0, 0.1) is 5.92 Å². The van der Waals surface area contributed by atoms with Crippen LogP contribution in [-0.2, 0) is 12.6 Å². The van der Waals surface area contributed by atoms with Crippen molar-refractivity contribution in [1.29, 1.82) is 0 Å². The summed E-state index contributed by atoms with van der Waals surface area (Å²) in [6, 6.07) is 5.47. The predicted octanol–water partition coefficient (Wildman–Crippen LogP) is 2.88. The quantitative estimate of drug-likeness (QED) is 0.827. The highest BCUT2D eigenvalue weighted by Gasteiger charge is 2.32. The molecule has 0 amide bonds. The van der Waals surface area contributed by atoms with Gasteiger partial charge in [0.05, 0.1) is 5.56 Å². The summed E-state index contributed by atoms with van der Waals surface area (Å²) in [7, 11) is 0. The maximum absolute atomic E-state index is 12.5. The standard InChI is InChI=1S/C11H13F3O/c1-8(7-15)6-9-4-2-3-5-10(9)11(12,13)14/h2-5,8,15H,6-7H2,1H3/t8-/m1/s1. The summed E-state index contributed by atoms with van der Waals surface area (Å²) in [6.07, 6.45) is -4.07. The van der Waals surface area contributed by atoms with Gasteiger partial charge in [-0.05, 0) is 24.0 Å². The Hall–Kier alpha value is -1.03. The van der Waals surface area contributed by atoms with E-state index in [0.717, 1.165) is 6.07 Å². The van der Waals surface area contributed by atoms with Crippen LogP contribution in [0.3, 0.4) is 0 Å². The molecule has 0 aromatic heterocycles. The first-order valence-electron chi connectivity index (χ1n) is 4.71. The number of hydrogen-bond acceptors (Lipinski definition) is 1. The van der Waals surface area contributed by atoms with Gasteiger partial charge in [-0.2, -0.15) is 13.2 Å². The Labute approximate surface area is 86.5 Å². The molecule has 0 aliphatic heterocycles. The highest BCUT2D eigenvalue weighted by molar-refractivity contribution is 5.29. The second-order valence-corrected chi connectivity index (χ2v) is 3.65. The zero-order chi connectivity index (χ0) is 11.5. The lowest BCUT2D eigenvalue weighted by Crippen LogP contribution is -2.12. The van der Waals surface area contributed by atoms with E-state index in [4.69, 9.17) is 5.11 Å². The largest absolute Gasteiger partial charge is 0.416 e. The SMILES string of the molecule is C[C@@H](CO)Cc1ccccc1C(F)(F)F. The molecular formula is C11H13F3O. The van der Waals surface area contributed by atoms with E-state index in [2.05, 4.69) is 0 Å². The lowest BCUT2D eigenvalue weighted by Gasteiger charge is -2.14. The van der Waals surface area contributed by atoms with Crippen molar-refractivity contribution >= 4 is 0 Å². The highest BCUT2D eigenvalue weighted by Crippen LogP contribution is 2.32. The summed E-state index contributed by atoms with van der Waals surface area (Å²) in [4.78, 5) is 0. The Balaban J connectivity index is 2.97. The van der Waals surface area contributed by atoms with Gasteiger partial charge in [-0.1, -0.05) is 25.1 Å². The number of halogens is 3. The minimum atomic E-state index is -4.31. The molecule has 0 bridgehead atoms. The number of aliphatic hydroxyl groups excluding tert-OH is 1. The van der Waals surface area contributed by atoms with Gasteiger partial charge in [0.25, 0.3) is 0 Å². The summed E-state index contributed by atoms with van der Waals surface area (Å²) in [5.74, 6) is -0.159. The normalized spacial score (nSPS) is 13.9. The van der Waals surface area contributed by atoms with Gasteiger partial charge in [0, 0.05) is 6.61 Å². The molecule has 0 aliphatic carbocycles.